The highest BCUT2D eigenvalue weighted by Gasteiger charge is 2.14. The fraction of sp³-hybridized carbons (Fsp3) is 0.136. The van der Waals surface area contributed by atoms with Crippen molar-refractivity contribution in [2.24, 2.45) is 0 Å². The number of hydrogen-bond donors (Lipinski definition) is 0. The first-order valence-electron chi connectivity index (χ1n) is 8.49. The van der Waals surface area contributed by atoms with Crippen LogP contribution in [0.25, 0.3) is 21.7 Å². The summed E-state index contributed by atoms with van der Waals surface area (Å²) in [5.41, 5.74) is 2.74. The number of carbonyl (C=O) groups is 1. The molecule has 1 aromatic heterocycles. The van der Waals surface area contributed by atoms with Crippen LogP contribution in [-0.4, -0.2) is 17.1 Å². The van der Waals surface area contributed by atoms with Gasteiger partial charge in [-0.1, -0.05) is 48.5 Å². The third-order valence-electron chi connectivity index (χ3n) is 4.45. The predicted octanol–water partition coefficient (Wildman–Crippen LogP) is 5.02. The molecule has 0 unspecified atom stereocenters. The Morgan fingerprint density at radius 3 is 2.56 bits per heavy atom. The predicted molar refractivity (Wildman–Crippen MR) is 101 cm³/mol. The number of rotatable bonds is 4. The minimum Gasteiger partial charge on any atom is -0.462 e. The normalized spacial score (nSPS) is 11.1. The van der Waals surface area contributed by atoms with Gasteiger partial charge >= 0.3 is 5.97 Å². The monoisotopic (exact) mass is 329 g/mol. The first-order valence-corrected chi connectivity index (χ1v) is 8.49. The number of nitrogens with zero attached hydrogens (tertiary/aromatic N) is 1. The van der Waals surface area contributed by atoms with Crippen LogP contribution in [0.15, 0.2) is 72.9 Å². The second-order valence-corrected chi connectivity index (χ2v) is 6.09. The van der Waals surface area contributed by atoms with Crippen LogP contribution in [0.1, 0.15) is 22.8 Å². The molecule has 4 aromatic rings. The zero-order valence-corrected chi connectivity index (χ0v) is 14.1. The minimum absolute atomic E-state index is 0.272. The summed E-state index contributed by atoms with van der Waals surface area (Å²) in [5, 5.41) is 3.50. The van der Waals surface area contributed by atoms with Gasteiger partial charge in [-0.3, -0.25) is 0 Å². The van der Waals surface area contributed by atoms with E-state index in [1.807, 2.05) is 43.5 Å². The Hall–Kier alpha value is -3.07. The molecule has 0 aliphatic heterocycles. The summed E-state index contributed by atoms with van der Waals surface area (Å²) in [6.07, 6.45) is 2.03. The van der Waals surface area contributed by atoms with Crippen molar-refractivity contribution in [1.82, 2.24) is 4.57 Å². The quantitative estimate of drug-likeness (QED) is 0.492. The number of aromatic nitrogens is 1. The van der Waals surface area contributed by atoms with E-state index in [4.69, 9.17) is 4.74 Å². The van der Waals surface area contributed by atoms with Gasteiger partial charge in [0.25, 0.3) is 0 Å². The molecule has 0 saturated carbocycles. The van der Waals surface area contributed by atoms with Crippen molar-refractivity contribution in [3.05, 3.63) is 84.1 Å². The highest BCUT2D eigenvalue weighted by molar-refractivity contribution is 6.03. The van der Waals surface area contributed by atoms with Crippen molar-refractivity contribution < 1.29 is 9.53 Å². The lowest BCUT2D eigenvalue weighted by molar-refractivity contribution is 0.0528. The van der Waals surface area contributed by atoms with Crippen LogP contribution in [0, 0.1) is 0 Å². The maximum Gasteiger partial charge on any atom is 0.340 e. The SMILES string of the molecule is CCOC(=O)c1cccc2ccn(Cc3ccc4ccccc4c3)c12. The number of para-hydroxylation sites is 1. The van der Waals surface area contributed by atoms with E-state index in [1.165, 1.54) is 16.3 Å². The van der Waals surface area contributed by atoms with Gasteiger partial charge in [-0.2, -0.15) is 0 Å². The topological polar surface area (TPSA) is 31.2 Å². The molecule has 1 heterocycles. The van der Waals surface area contributed by atoms with Gasteiger partial charge in [0, 0.05) is 18.1 Å². The van der Waals surface area contributed by atoms with Gasteiger partial charge in [-0.15, -0.1) is 0 Å². The van der Waals surface area contributed by atoms with Crippen LogP contribution < -0.4 is 0 Å². The van der Waals surface area contributed by atoms with E-state index in [1.54, 1.807) is 0 Å². The summed E-state index contributed by atoms with van der Waals surface area (Å²) in [6, 6.07) is 22.6. The molecule has 0 bridgehead atoms. The molecule has 0 radical (unpaired) electrons. The molecule has 0 aliphatic rings. The van der Waals surface area contributed by atoms with Crippen LogP contribution in [-0.2, 0) is 11.3 Å². The Kier molecular flexibility index (Phi) is 3.98. The van der Waals surface area contributed by atoms with Crippen LogP contribution >= 0.6 is 0 Å². The van der Waals surface area contributed by atoms with Crippen LogP contribution in [0.3, 0.4) is 0 Å². The molecule has 3 nitrogen and oxygen atoms in total. The average Bonchev–Trinajstić information content (AvgIpc) is 3.05. The summed E-state index contributed by atoms with van der Waals surface area (Å²) in [5.74, 6) is -0.272. The summed E-state index contributed by atoms with van der Waals surface area (Å²) < 4.78 is 7.33. The maximum absolute atomic E-state index is 12.3. The number of hydrogen-bond acceptors (Lipinski definition) is 2. The van der Waals surface area contributed by atoms with Gasteiger partial charge in [0.1, 0.15) is 0 Å². The smallest absolute Gasteiger partial charge is 0.340 e. The summed E-state index contributed by atoms with van der Waals surface area (Å²) >= 11 is 0. The molecule has 3 aromatic carbocycles. The standard InChI is InChI=1S/C22H19NO2/c1-2-25-22(24)20-9-5-8-18-12-13-23(21(18)20)15-16-10-11-17-6-3-4-7-19(17)14-16/h3-14H,2,15H2,1H3. The Morgan fingerprint density at radius 2 is 1.72 bits per heavy atom. The molecular formula is C22H19NO2. The van der Waals surface area contributed by atoms with Crippen molar-refractivity contribution in [3.8, 4) is 0 Å². The molecule has 124 valence electrons. The Balaban J connectivity index is 1.76. The van der Waals surface area contributed by atoms with Gasteiger partial charge in [0.15, 0.2) is 0 Å². The fourth-order valence-corrected chi connectivity index (χ4v) is 3.30. The Bertz CT molecular complexity index is 1060. The van der Waals surface area contributed by atoms with Crippen LogP contribution in [0.4, 0.5) is 0 Å². The third-order valence-corrected chi connectivity index (χ3v) is 4.45. The third kappa shape index (κ3) is 2.89. The van der Waals surface area contributed by atoms with Crippen molar-refractivity contribution in [2.75, 3.05) is 6.61 Å². The lowest BCUT2D eigenvalue weighted by Crippen LogP contribution is -2.08. The summed E-state index contributed by atoms with van der Waals surface area (Å²) in [7, 11) is 0. The molecule has 25 heavy (non-hydrogen) atoms. The first kappa shape index (κ1) is 15.5. The van der Waals surface area contributed by atoms with E-state index in [-0.39, 0.29) is 5.97 Å². The first-order chi connectivity index (χ1) is 12.3. The average molecular weight is 329 g/mol. The highest BCUT2D eigenvalue weighted by atomic mass is 16.5. The molecule has 0 saturated heterocycles. The summed E-state index contributed by atoms with van der Waals surface area (Å²) in [6.45, 7) is 2.91. The van der Waals surface area contributed by atoms with E-state index in [0.29, 0.717) is 18.7 Å². The molecule has 0 N–H and O–H groups in total. The van der Waals surface area contributed by atoms with Gasteiger partial charge in [-0.05, 0) is 41.5 Å². The Morgan fingerprint density at radius 1 is 0.920 bits per heavy atom. The molecule has 0 amide bonds. The van der Waals surface area contributed by atoms with E-state index in [9.17, 15) is 4.79 Å². The molecular weight excluding hydrogens is 310 g/mol. The molecule has 0 spiro atoms. The van der Waals surface area contributed by atoms with Gasteiger partial charge in [0.05, 0.1) is 17.7 Å². The van der Waals surface area contributed by atoms with E-state index in [0.717, 1.165) is 10.9 Å². The number of fused-ring (bicyclic) bond motifs is 2. The van der Waals surface area contributed by atoms with E-state index in [2.05, 4.69) is 41.0 Å². The van der Waals surface area contributed by atoms with Crippen molar-refractivity contribution in [3.63, 3.8) is 0 Å². The molecule has 0 fully saturated rings. The number of esters is 1. The van der Waals surface area contributed by atoms with Crippen molar-refractivity contribution in [1.29, 1.82) is 0 Å². The summed E-state index contributed by atoms with van der Waals surface area (Å²) in [4.78, 5) is 12.3. The lowest BCUT2D eigenvalue weighted by Gasteiger charge is -2.10. The maximum atomic E-state index is 12.3. The fourth-order valence-electron chi connectivity index (χ4n) is 3.30. The second-order valence-electron chi connectivity index (χ2n) is 6.09. The molecule has 4 rings (SSSR count). The number of carbonyl (C=O) groups excluding carboxylic acids is 1. The zero-order chi connectivity index (χ0) is 17.2. The second kappa shape index (κ2) is 6.44. The van der Waals surface area contributed by atoms with E-state index >= 15 is 0 Å². The van der Waals surface area contributed by atoms with Crippen molar-refractivity contribution in [2.45, 2.75) is 13.5 Å². The molecule has 0 aliphatic carbocycles. The molecule has 0 atom stereocenters. The van der Waals surface area contributed by atoms with Gasteiger partial charge in [0.2, 0.25) is 0 Å². The van der Waals surface area contributed by atoms with Crippen LogP contribution in [0.5, 0.6) is 0 Å². The zero-order valence-electron chi connectivity index (χ0n) is 14.1. The minimum atomic E-state index is -0.272. The largest absolute Gasteiger partial charge is 0.462 e. The van der Waals surface area contributed by atoms with E-state index < -0.39 is 0 Å². The van der Waals surface area contributed by atoms with Crippen LogP contribution in [0.2, 0.25) is 0 Å². The van der Waals surface area contributed by atoms with Gasteiger partial charge in [-0.25, -0.2) is 4.79 Å². The molecule has 3 heteroatoms. The lowest BCUT2D eigenvalue weighted by atomic mass is 10.1. The number of benzene rings is 3. The van der Waals surface area contributed by atoms with Crippen molar-refractivity contribution >= 4 is 27.6 Å². The van der Waals surface area contributed by atoms with Gasteiger partial charge < -0.3 is 9.30 Å². The Labute approximate surface area is 146 Å². The highest BCUT2D eigenvalue weighted by Crippen LogP contribution is 2.23. The number of ether oxygens (including phenoxy) is 1.